The molecule has 14 heavy (non-hydrogen) atoms. The van der Waals surface area contributed by atoms with Crippen LogP contribution in [0.15, 0.2) is 6.33 Å². The molecular formula is C10H18N4. The largest absolute Gasteiger partial charge is 0.329 e. The molecule has 0 unspecified atom stereocenters. The monoisotopic (exact) mass is 194 g/mol. The van der Waals surface area contributed by atoms with Gasteiger partial charge in [-0.05, 0) is 19.8 Å². The topological polar surface area (TPSA) is 56.7 Å². The summed E-state index contributed by atoms with van der Waals surface area (Å²) in [6, 6.07) is 0. The molecule has 0 radical (unpaired) electrons. The lowest BCUT2D eigenvalue weighted by molar-refractivity contribution is 0.395. The first kappa shape index (κ1) is 9.65. The molecule has 0 aliphatic heterocycles. The van der Waals surface area contributed by atoms with Crippen LogP contribution in [0.25, 0.3) is 0 Å². The van der Waals surface area contributed by atoms with Crippen molar-refractivity contribution in [1.29, 1.82) is 0 Å². The first-order valence-corrected chi connectivity index (χ1v) is 5.41. The van der Waals surface area contributed by atoms with Gasteiger partial charge in [-0.2, -0.15) is 5.10 Å². The van der Waals surface area contributed by atoms with Crippen LogP contribution >= 0.6 is 0 Å². The van der Waals surface area contributed by atoms with E-state index >= 15 is 0 Å². The zero-order valence-electron chi connectivity index (χ0n) is 8.74. The Labute approximate surface area is 84.5 Å². The summed E-state index contributed by atoms with van der Waals surface area (Å²) in [5.74, 6) is 1.10. The molecule has 0 saturated heterocycles. The Morgan fingerprint density at radius 3 is 2.79 bits per heavy atom. The molecule has 1 heterocycles. The highest BCUT2D eigenvalue weighted by Gasteiger charge is 2.38. The van der Waals surface area contributed by atoms with Crippen molar-refractivity contribution in [2.75, 3.05) is 6.54 Å². The lowest BCUT2D eigenvalue weighted by atomic mass is 9.85. The van der Waals surface area contributed by atoms with Crippen molar-refractivity contribution in [1.82, 2.24) is 14.8 Å². The Morgan fingerprint density at radius 2 is 2.21 bits per heavy atom. The van der Waals surface area contributed by atoms with Crippen molar-refractivity contribution in [3.05, 3.63) is 12.2 Å². The zero-order valence-corrected chi connectivity index (χ0v) is 8.74. The summed E-state index contributed by atoms with van der Waals surface area (Å²) in [6.07, 6.45) is 6.53. The second kappa shape index (κ2) is 3.69. The van der Waals surface area contributed by atoms with Crippen LogP contribution in [-0.4, -0.2) is 21.3 Å². The molecule has 4 heteroatoms. The van der Waals surface area contributed by atoms with Gasteiger partial charge < -0.3 is 5.73 Å². The van der Waals surface area contributed by atoms with Crippen molar-refractivity contribution in [2.45, 2.75) is 44.6 Å². The SMILES string of the molecule is CCn1ncnc1C1(CN)CCCC1. The van der Waals surface area contributed by atoms with Crippen LogP contribution in [0.5, 0.6) is 0 Å². The fourth-order valence-corrected chi connectivity index (χ4v) is 2.48. The van der Waals surface area contributed by atoms with Gasteiger partial charge >= 0.3 is 0 Å². The van der Waals surface area contributed by atoms with E-state index in [-0.39, 0.29) is 5.41 Å². The molecule has 0 atom stereocenters. The molecule has 0 amide bonds. The molecule has 1 fully saturated rings. The van der Waals surface area contributed by atoms with E-state index in [1.807, 2.05) is 4.68 Å². The summed E-state index contributed by atoms with van der Waals surface area (Å²) in [7, 11) is 0. The average molecular weight is 194 g/mol. The number of aryl methyl sites for hydroxylation is 1. The number of hydrogen-bond donors (Lipinski definition) is 1. The van der Waals surface area contributed by atoms with Crippen LogP contribution in [0, 0.1) is 0 Å². The predicted molar refractivity (Wildman–Crippen MR) is 54.9 cm³/mol. The lowest BCUT2D eigenvalue weighted by Crippen LogP contribution is -2.35. The summed E-state index contributed by atoms with van der Waals surface area (Å²) in [5, 5.41) is 4.22. The maximum atomic E-state index is 5.90. The van der Waals surface area contributed by atoms with Crippen LogP contribution < -0.4 is 5.73 Å². The van der Waals surface area contributed by atoms with Gasteiger partial charge in [-0.1, -0.05) is 12.8 Å². The third kappa shape index (κ3) is 1.34. The van der Waals surface area contributed by atoms with Gasteiger partial charge in [0, 0.05) is 18.5 Å². The number of nitrogens with zero attached hydrogens (tertiary/aromatic N) is 3. The smallest absolute Gasteiger partial charge is 0.138 e. The third-order valence-corrected chi connectivity index (χ3v) is 3.34. The summed E-state index contributed by atoms with van der Waals surface area (Å²) in [5.41, 5.74) is 6.02. The molecule has 78 valence electrons. The van der Waals surface area contributed by atoms with Gasteiger partial charge in [0.25, 0.3) is 0 Å². The molecule has 0 spiro atoms. The maximum Gasteiger partial charge on any atom is 0.138 e. The number of aromatic nitrogens is 3. The summed E-state index contributed by atoms with van der Waals surface area (Å²) in [6.45, 7) is 3.68. The van der Waals surface area contributed by atoms with E-state index < -0.39 is 0 Å². The highest BCUT2D eigenvalue weighted by Crippen LogP contribution is 2.38. The maximum absolute atomic E-state index is 5.90. The normalized spacial score (nSPS) is 20.1. The van der Waals surface area contributed by atoms with Crippen molar-refractivity contribution in [3.63, 3.8) is 0 Å². The number of hydrogen-bond acceptors (Lipinski definition) is 3. The molecule has 2 N–H and O–H groups in total. The van der Waals surface area contributed by atoms with Gasteiger partial charge in [-0.25, -0.2) is 9.67 Å². The number of nitrogens with two attached hydrogens (primary N) is 1. The van der Waals surface area contributed by atoms with Crippen molar-refractivity contribution >= 4 is 0 Å². The van der Waals surface area contributed by atoms with Gasteiger partial charge in [0.1, 0.15) is 12.2 Å². The van der Waals surface area contributed by atoms with E-state index in [2.05, 4.69) is 17.0 Å². The standard InChI is InChI=1S/C10H18N4/c1-2-14-9(12-8-13-14)10(7-11)5-3-4-6-10/h8H,2-7,11H2,1H3. The Bertz CT molecular complexity index is 299. The molecule has 1 aliphatic rings. The van der Waals surface area contributed by atoms with Gasteiger partial charge in [-0.15, -0.1) is 0 Å². The highest BCUT2D eigenvalue weighted by atomic mass is 15.3. The average Bonchev–Trinajstić information content (AvgIpc) is 2.86. The lowest BCUT2D eigenvalue weighted by Gasteiger charge is -2.26. The van der Waals surface area contributed by atoms with E-state index in [9.17, 15) is 0 Å². The first-order chi connectivity index (χ1) is 6.82. The zero-order chi connectivity index (χ0) is 10.0. The molecular weight excluding hydrogens is 176 g/mol. The van der Waals surface area contributed by atoms with Crippen LogP contribution in [0.2, 0.25) is 0 Å². The summed E-state index contributed by atoms with van der Waals surface area (Å²) in [4.78, 5) is 4.38. The van der Waals surface area contributed by atoms with Crippen molar-refractivity contribution in [3.8, 4) is 0 Å². The van der Waals surface area contributed by atoms with Crippen molar-refractivity contribution in [2.24, 2.45) is 5.73 Å². The Hall–Kier alpha value is -0.900. The van der Waals surface area contributed by atoms with E-state index in [0.717, 1.165) is 12.4 Å². The second-order valence-corrected chi connectivity index (χ2v) is 4.09. The minimum Gasteiger partial charge on any atom is -0.329 e. The van der Waals surface area contributed by atoms with E-state index in [1.54, 1.807) is 6.33 Å². The molecule has 1 saturated carbocycles. The molecule has 1 aromatic heterocycles. The minimum absolute atomic E-state index is 0.118. The second-order valence-electron chi connectivity index (χ2n) is 4.09. The van der Waals surface area contributed by atoms with Gasteiger partial charge in [-0.3, -0.25) is 0 Å². The molecule has 1 aromatic rings. The van der Waals surface area contributed by atoms with E-state index in [1.165, 1.54) is 25.7 Å². The summed E-state index contributed by atoms with van der Waals surface area (Å²) >= 11 is 0. The molecule has 0 aromatic carbocycles. The quantitative estimate of drug-likeness (QED) is 0.783. The van der Waals surface area contributed by atoms with Gasteiger partial charge in [0.05, 0.1) is 0 Å². The minimum atomic E-state index is 0.118. The Morgan fingerprint density at radius 1 is 1.50 bits per heavy atom. The van der Waals surface area contributed by atoms with Crippen LogP contribution in [0.3, 0.4) is 0 Å². The van der Waals surface area contributed by atoms with E-state index in [4.69, 9.17) is 5.73 Å². The van der Waals surface area contributed by atoms with Crippen LogP contribution in [-0.2, 0) is 12.0 Å². The summed E-state index contributed by atoms with van der Waals surface area (Å²) < 4.78 is 1.98. The fraction of sp³-hybridized carbons (Fsp3) is 0.800. The highest BCUT2D eigenvalue weighted by molar-refractivity contribution is 5.11. The third-order valence-electron chi connectivity index (χ3n) is 3.34. The van der Waals surface area contributed by atoms with Gasteiger partial charge in [0.2, 0.25) is 0 Å². The molecule has 2 rings (SSSR count). The van der Waals surface area contributed by atoms with Crippen LogP contribution in [0.1, 0.15) is 38.4 Å². The molecule has 1 aliphatic carbocycles. The Balaban J connectivity index is 2.35. The van der Waals surface area contributed by atoms with Gasteiger partial charge in [0.15, 0.2) is 0 Å². The fourth-order valence-electron chi connectivity index (χ4n) is 2.48. The first-order valence-electron chi connectivity index (χ1n) is 5.41. The number of rotatable bonds is 3. The van der Waals surface area contributed by atoms with E-state index in [0.29, 0.717) is 6.54 Å². The predicted octanol–water partition coefficient (Wildman–Crippen LogP) is 1.07. The molecule has 4 nitrogen and oxygen atoms in total. The molecule has 0 bridgehead atoms. The Kier molecular flexibility index (Phi) is 2.54. The van der Waals surface area contributed by atoms with Crippen LogP contribution in [0.4, 0.5) is 0 Å². The van der Waals surface area contributed by atoms with Crippen molar-refractivity contribution < 1.29 is 0 Å².